The van der Waals surface area contributed by atoms with Crippen molar-refractivity contribution in [1.82, 2.24) is 15.3 Å². The van der Waals surface area contributed by atoms with Crippen molar-refractivity contribution in [3.05, 3.63) is 12.4 Å². The molecule has 0 saturated carbocycles. The summed E-state index contributed by atoms with van der Waals surface area (Å²) in [6, 6.07) is 1.85. The average Bonchev–Trinajstić information content (AvgIpc) is 2.29. The average molecular weight is 237 g/mol. The van der Waals surface area contributed by atoms with E-state index in [1.54, 1.807) is 6.07 Å². The first-order valence-electron chi connectivity index (χ1n) is 5.72. The van der Waals surface area contributed by atoms with Gasteiger partial charge in [-0.3, -0.25) is 4.79 Å². The van der Waals surface area contributed by atoms with Crippen molar-refractivity contribution in [2.45, 2.75) is 32.7 Å². The molecular weight excluding hydrogens is 218 g/mol. The monoisotopic (exact) mass is 237 g/mol. The first-order chi connectivity index (χ1) is 8.11. The van der Waals surface area contributed by atoms with Gasteiger partial charge in [-0.25, -0.2) is 9.97 Å². The minimum Gasteiger partial charge on any atom is -0.384 e. The largest absolute Gasteiger partial charge is 0.384 e. The van der Waals surface area contributed by atoms with Crippen LogP contribution in [0.15, 0.2) is 12.4 Å². The van der Waals surface area contributed by atoms with E-state index in [1.807, 2.05) is 13.8 Å². The van der Waals surface area contributed by atoms with Crippen LogP contribution in [0.25, 0.3) is 0 Å². The number of rotatable bonds is 6. The SMILES string of the molecule is CCC(C)NC(=O)CCNc1cc(N)ncn1. The maximum atomic E-state index is 11.5. The standard InChI is InChI=1S/C11H19N5O/c1-3-8(2)16-11(17)4-5-13-10-6-9(12)14-7-15-10/h6-8H,3-5H2,1-2H3,(H,16,17)(H3,12,13,14,15). The van der Waals surface area contributed by atoms with Gasteiger partial charge in [-0.2, -0.15) is 0 Å². The Balaban J connectivity index is 2.26. The van der Waals surface area contributed by atoms with Crippen molar-refractivity contribution in [3.63, 3.8) is 0 Å². The Morgan fingerprint density at radius 1 is 1.53 bits per heavy atom. The van der Waals surface area contributed by atoms with Gasteiger partial charge in [-0.05, 0) is 13.3 Å². The fourth-order valence-electron chi connectivity index (χ4n) is 1.22. The van der Waals surface area contributed by atoms with Crippen LogP contribution in [0.5, 0.6) is 0 Å². The van der Waals surface area contributed by atoms with Crippen molar-refractivity contribution in [3.8, 4) is 0 Å². The highest BCUT2D eigenvalue weighted by Crippen LogP contribution is 2.04. The van der Waals surface area contributed by atoms with Crippen molar-refractivity contribution in [2.75, 3.05) is 17.6 Å². The van der Waals surface area contributed by atoms with Crippen LogP contribution >= 0.6 is 0 Å². The second kappa shape index (κ2) is 6.67. The summed E-state index contributed by atoms with van der Waals surface area (Å²) in [6.07, 6.45) is 2.73. The summed E-state index contributed by atoms with van der Waals surface area (Å²) in [5.74, 6) is 1.08. The minimum atomic E-state index is 0.0360. The highest BCUT2D eigenvalue weighted by molar-refractivity contribution is 5.76. The van der Waals surface area contributed by atoms with E-state index in [2.05, 4.69) is 20.6 Å². The number of anilines is 2. The van der Waals surface area contributed by atoms with Crippen LogP contribution in [-0.2, 0) is 4.79 Å². The molecule has 1 heterocycles. The Hall–Kier alpha value is -1.85. The fourth-order valence-corrected chi connectivity index (χ4v) is 1.22. The molecule has 0 radical (unpaired) electrons. The highest BCUT2D eigenvalue weighted by atomic mass is 16.1. The van der Waals surface area contributed by atoms with Crippen LogP contribution in [0.2, 0.25) is 0 Å². The van der Waals surface area contributed by atoms with Gasteiger partial charge >= 0.3 is 0 Å². The molecule has 6 nitrogen and oxygen atoms in total. The number of nitrogens with two attached hydrogens (primary N) is 1. The molecule has 0 saturated heterocycles. The van der Waals surface area contributed by atoms with Gasteiger partial charge in [0.2, 0.25) is 5.91 Å². The van der Waals surface area contributed by atoms with E-state index < -0.39 is 0 Å². The summed E-state index contributed by atoms with van der Waals surface area (Å²) in [5, 5.41) is 5.91. The molecule has 0 aliphatic heterocycles. The first-order valence-corrected chi connectivity index (χ1v) is 5.72. The van der Waals surface area contributed by atoms with Crippen LogP contribution in [0.4, 0.5) is 11.6 Å². The Kier molecular flexibility index (Phi) is 5.19. The van der Waals surface area contributed by atoms with Crippen molar-refractivity contribution >= 4 is 17.5 Å². The van der Waals surface area contributed by atoms with E-state index in [9.17, 15) is 4.79 Å². The molecule has 1 atom stereocenters. The molecule has 17 heavy (non-hydrogen) atoms. The third-order valence-corrected chi connectivity index (χ3v) is 2.37. The van der Waals surface area contributed by atoms with Gasteiger partial charge in [0, 0.05) is 25.1 Å². The summed E-state index contributed by atoms with van der Waals surface area (Å²) in [5.41, 5.74) is 5.50. The van der Waals surface area contributed by atoms with Gasteiger partial charge in [0.05, 0.1) is 0 Å². The fraction of sp³-hybridized carbons (Fsp3) is 0.545. The lowest BCUT2D eigenvalue weighted by Gasteiger charge is -2.11. The van der Waals surface area contributed by atoms with Gasteiger partial charge in [-0.1, -0.05) is 6.92 Å². The summed E-state index contributed by atoms with van der Waals surface area (Å²) in [6.45, 7) is 4.54. The predicted octanol–water partition coefficient (Wildman–Crippen LogP) is 0.775. The molecule has 1 aromatic heterocycles. The molecule has 94 valence electrons. The first kappa shape index (κ1) is 13.2. The molecule has 6 heteroatoms. The predicted molar refractivity (Wildman–Crippen MR) is 67.4 cm³/mol. The number of nitrogens with one attached hydrogen (secondary N) is 2. The Morgan fingerprint density at radius 3 is 2.94 bits per heavy atom. The Bertz CT molecular complexity index is 369. The highest BCUT2D eigenvalue weighted by Gasteiger charge is 2.04. The van der Waals surface area contributed by atoms with Crippen LogP contribution < -0.4 is 16.4 Å². The number of hydrogen-bond acceptors (Lipinski definition) is 5. The maximum Gasteiger partial charge on any atom is 0.221 e. The third-order valence-electron chi connectivity index (χ3n) is 2.37. The van der Waals surface area contributed by atoms with Crippen molar-refractivity contribution < 1.29 is 4.79 Å². The molecule has 0 bridgehead atoms. The minimum absolute atomic E-state index is 0.0360. The van der Waals surface area contributed by atoms with E-state index in [1.165, 1.54) is 6.33 Å². The second-order valence-electron chi connectivity index (χ2n) is 3.88. The van der Waals surface area contributed by atoms with E-state index >= 15 is 0 Å². The second-order valence-corrected chi connectivity index (χ2v) is 3.88. The number of hydrogen-bond donors (Lipinski definition) is 3. The molecule has 1 amide bonds. The van der Waals surface area contributed by atoms with Crippen LogP contribution in [0, 0.1) is 0 Å². The molecular formula is C11H19N5O. The number of amides is 1. The zero-order valence-electron chi connectivity index (χ0n) is 10.2. The molecule has 1 rings (SSSR count). The van der Waals surface area contributed by atoms with E-state index in [-0.39, 0.29) is 11.9 Å². The quantitative estimate of drug-likeness (QED) is 0.679. The lowest BCUT2D eigenvalue weighted by molar-refractivity contribution is -0.121. The summed E-state index contributed by atoms with van der Waals surface area (Å²) >= 11 is 0. The molecule has 4 N–H and O–H groups in total. The van der Waals surface area contributed by atoms with Crippen molar-refractivity contribution in [1.29, 1.82) is 0 Å². The third kappa shape index (κ3) is 5.14. The van der Waals surface area contributed by atoms with Gasteiger partial charge in [0.1, 0.15) is 18.0 Å². The topological polar surface area (TPSA) is 92.9 Å². The van der Waals surface area contributed by atoms with E-state index in [0.717, 1.165) is 6.42 Å². The van der Waals surface area contributed by atoms with Crippen LogP contribution in [0.1, 0.15) is 26.7 Å². The van der Waals surface area contributed by atoms with E-state index in [0.29, 0.717) is 24.6 Å². The Labute approximate surface area is 101 Å². The lowest BCUT2D eigenvalue weighted by Crippen LogP contribution is -2.33. The van der Waals surface area contributed by atoms with Crippen molar-refractivity contribution in [2.24, 2.45) is 0 Å². The molecule has 0 aliphatic rings. The summed E-state index contributed by atoms with van der Waals surface area (Å²) in [4.78, 5) is 19.2. The van der Waals surface area contributed by atoms with Gasteiger partial charge in [0.25, 0.3) is 0 Å². The number of carbonyl (C=O) groups is 1. The van der Waals surface area contributed by atoms with E-state index in [4.69, 9.17) is 5.73 Å². The van der Waals surface area contributed by atoms with Crippen LogP contribution in [-0.4, -0.2) is 28.5 Å². The van der Waals surface area contributed by atoms with Gasteiger partial charge < -0.3 is 16.4 Å². The number of aromatic nitrogens is 2. The number of carbonyl (C=O) groups excluding carboxylic acids is 1. The lowest BCUT2D eigenvalue weighted by atomic mass is 10.2. The summed E-state index contributed by atoms with van der Waals surface area (Å²) in [7, 11) is 0. The van der Waals surface area contributed by atoms with Crippen LogP contribution in [0.3, 0.4) is 0 Å². The molecule has 0 spiro atoms. The summed E-state index contributed by atoms with van der Waals surface area (Å²) < 4.78 is 0. The molecule has 1 unspecified atom stereocenters. The Morgan fingerprint density at radius 2 is 2.29 bits per heavy atom. The number of nitrogen functional groups attached to an aromatic ring is 1. The molecule has 0 aromatic carbocycles. The van der Waals surface area contributed by atoms with Gasteiger partial charge in [-0.15, -0.1) is 0 Å². The zero-order chi connectivity index (χ0) is 12.7. The molecule has 1 aromatic rings. The molecule has 0 aliphatic carbocycles. The zero-order valence-corrected chi connectivity index (χ0v) is 10.2. The smallest absolute Gasteiger partial charge is 0.221 e. The van der Waals surface area contributed by atoms with Gasteiger partial charge in [0.15, 0.2) is 0 Å². The maximum absolute atomic E-state index is 11.5. The molecule has 0 fully saturated rings. The number of nitrogens with zero attached hydrogens (tertiary/aromatic N) is 2. The normalized spacial score (nSPS) is 11.9.